The molecule has 4 heteroatoms. The van der Waals surface area contributed by atoms with Gasteiger partial charge in [-0.1, -0.05) is 6.07 Å². The number of benzene rings is 1. The summed E-state index contributed by atoms with van der Waals surface area (Å²) >= 11 is 0. The Hall–Kier alpha value is -2.23. The Bertz CT molecular complexity index is 594. The highest BCUT2D eigenvalue weighted by atomic mass is 16.5. The summed E-state index contributed by atoms with van der Waals surface area (Å²) < 4.78 is 5.02. The normalized spacial score (nSPS) is 13.4. The molecule has 17 heavy (non-hydrogen) atoms. The fourth-order valence-electron chi connectivity index (χ4n) is 2.07. The topological polar surface area (TPSA) is 52.1 Å². The summed E-state index contributed by atoms with van der Waals surface area (Å²) in [6, 6.07) is 3.69. The molecule has 0 bridgehead atoms. The van der Waals surface area contributed by atoms with E-state index in [1.807, 2.05) is 13.0 Å². The Morgan fingerprint density at radius 2 is 2.06 bits per heavy atom. The first-order valence-electron chi connectivity index (χ1n) is 5.33. The van der Waals surface area contributed by atoms with E-state index in [4.69, 9.17) is 4.74 Å². The minimum absolute atomic E-state index is 0.242. The van der Waals surface area contributed by atoms with Crippen LogP contribution in [0.1, 0.15) is 21.5 Å². The van der Waals surface area contributed by atoms with Crippen LogP contribution in [0.4, 0.5) is 0 Å². The van der Waals surface area contributed by atoms with E-state index < -0.39 is 0 Å². The molecule has 0 spiro atoms. The van der Waals surface area contributed by atoms with Crippen LogP contribution in [0.2, 0.25) is 0 Å². The molecule has 4 nitrogen and oxygen atoms in total. The van der Waals surface area contributed by atoms with Crippen molar-refractivity contribution in [2.24, 2.45) is 0 Å². The number of hydrogen-bond donors (Lipinski definition) is 0. The second-order valence-corrected chi connectivity index (χ2v) is 3.93. The molecular weight excluding hydrogens is 216 g/mol. The van der Waals surface area contributed by atoms with Gasteiger partial charge in [-0.05, 0) is 18.6 Å². The number of fused-ring (bicyclic) bond motifs is 1. The number of carbonyl (C=O) groups is 1. The van der Waals surface area contributed by atoms with Gasteiger partial charge in [-0.2, -0.15) is 0 Å². The Labute approximate surface area is 98.3 Å². The van der Waals surface area contributed by atoms with Crippen LogP contribution >= 0.6 is 0 Å². The van der Waals surface area contributed by atoms with Crippen LogP contribution in [0, 0.1) is 6.92 Å². The highest BCUT2D eigenvalue weighted by Crippen LogP contribution is 2.30. The van der Waals surface area contributed by atoms with E-state index in [0.29, 0.717) is 12.2 Å². The summed E-state index contributed by atoms with van der Waals surface area (Å²) in [4.78, 5) is 19.7. The van der Waals surface area contributed by atoms with Crippen molar-refractivity contribution in [3.63, 3.8) is 0 Å². The zero-order valence-electron chi connectivity index (χ0n) is 9.30. The predicted octanol–water partition coefficient (Wildman–Crippen LogP) is 2.12. The maximum atomic E-state index is 11.4. The standard InChI is InChI=1S/C13H10N2O2/c1-8-9(12-6-14-4-5-15-12)2-3-10-11(8)7-17-13(10)16/h2-6H,7H2,1H3. The first-order valence-corrected chi connectivity index (χ1v) is 5.33. The van der Waals surface area contributed by atoms with Gasteiger partial charge in [-0.3, -0.25) is 9.97 Å². The summed E-state index contributed by atoms with van der Waals surface area (Å²) in [5.74, 6) is -0.242. The van der Waals surface area contributed by atoms with Gasteiger partial charge in [0.1, 0.15) is 6.61 Å². The van der Waals surface area contributed by atoms with Crippen molar-refractivity contribution in [3.8, 4) is 11.3 Å². The van der Waals surface area contributed by atoms with Crippen LogP contribution in [0.15, 0.2) is 30.7 Å². The molecule has 0 saturated carbocycles. The van der Waals surface area contributed by atoms with Crippen molar-refractivity contribution in [2.45, 2.75) is 13.5 Å². The number of esters is 1. The number of nitrogens with zero attached hydrogens (tertiary/aromatic N) is 2. The third-order valence-electron chi connectivity index (χ3n) is 3.01. The van der Waals surface area contributed by atoms with Gasteiger partial charge < -0.3 is 4.74 Å². The Kier molecular flexibility index (Phi) is 2.14. The Morgan fingerprint density at radius 3 is 2.82 bits per heavy atom. The zero-order chi connectivity index (χ0) is 11.8. The summed E-state index contributed by atoms with van der Waals surface area (Å²) in [6.07, 6.45) is 5.01. The van der Waals surface area contributed by atoms with Gasteiger partial charge in [-0.25, -0.2) is 4.79 Å². The lowest BCUT2D eigenvalue weighted by Crippen LogP contribution is -1.96. The molecular formula is C13H10N2O2. The van der Waals surface area contributed by atoms with Gasteiger partial charge in [0.15, 0.2) is 0 Å². The lowest BCUT2D eigenvalue weighted by atomic mass is 9.97. The minimum Gasteiger partial charge on any atom is -0.457 e. The summed E-state index contributed by atoms with van der Waals surface area (Å²) in [5, 5.41) is 0. The van der Waals surface area contributed by atoms with Crippen LogP contribution in [0.5, 0.6) is 0 Å². The molecule has 0 aliphatic carbocycles. The molecule has 0 unspecified atom stereocenters. The van der Waals surface area contributed by atoms with Gasteiger partial charge >= 0.3 is 5.97 Å². The maximum absolute atomic E-state index is 11.4. The SMILES string of the molecule is Cc1c(-c2cnccn2)ccc2c1COC2=O. The van der Waals surface area contributed by atoms with Crippen molar-refractivity contribution in [1.29, 1.82) is 0 Å². The second-order valence-electron chi connectivity index (χ2n) is 3.93. The molecule has 84 valence electrons. The van der Waals surface area contributed by atoms with Gasteiger partial charge in [0, 0.05) is 23.5 Å². The van der Waals surface area contributed by atoms with Gasteiger partial charge in [-0.15, -0.1) is 0 Å². The first kappa shape index (κ1) is 9.96. The lowest BCUT2D eigenvalue weighted by Gasteiger charge is -2.07. The molecule has 2 heterocycles. The molecule has 0 N–H and O–H groups in total. The molecule has 0 fully saturated rings. The van der Waals surface area contributed by atoms with Crippen molar-refractivity contribution < 1.29 is 9.53 Å². The van der Waals surface area contributed by atoms with Crippen molar-refractivity contribution in [1.82, 2.24) is 9.97 Å². The molecule has 0 atom stereocenters. The van der Waals surface area contributed by atoms with Gasteiger partial charge in [0.25, 0.3) is 0 Å². The fourth-order valence-corrected chi connectivity index (χ4v) is 2.07. The summed E-state index contributed by atoms with van der Waals surface area (Å²) in [6.45, 7) is 2.33. The molecule has 0 amide bonds. The number of rotatable bonds is 1. The third kappa shape index (κ3) is 1.49. The van der Waals surface area contributed by atoms with Gasteiger partial charge in [0.2, 0.25) is 0 Å². The van der Waals surface area contributed by atoms with Gasteiger partial charge in [0.05, 0.1) is 17.5 Å². The molecule has 0 radical (unpaired) electrons. The van der Waals surface area contributed by atoms with E-state index in [2.05, 4.69) is 9.97 Å². The minimum atomic E-state index is -0.242. The largest absolute Gasteiger partial charge is 0.457 e. The second kappa shape index (κ2) is 3.66. The Balaban J connectivity index is 2.19. The van der Waals surface area contributed by atoms with Crippen LogP contribution in [-0.2, 0) is 11.3 Å². The van der Waals surface area contributed by atoms with E-state index in [-0.39, 0.29) is 5.97 Å². The fraction of sp³-hybridized carbons (Fsp3) is 0.154. The van der Waals surface area contributed by atoms with Crippen molar-refractivity contribution in [2.75, 3.05) is 0 Å². The van der Waals surface area contributed by atoms with E-state index in [1.54, 1.807) is 24.7 Å². The molecule has 1 aliphatic rings. The zero-order valence-corrected chi connectivity index (χ0v) is 9.30. The van der Waals surface area contributed by atoms with Crippen LogP contribution in [-0.4, -0.2) is 15.9 Å². The van der Waals surface area contributed by atoms with E-state index in [9.17, 15) is 4.79 Å². The predicted molar refractivity (Wildman–Crippen MR) is 61.3 cm³/mol. The third-order valence-corrected chi connectivity index (χ3v) is 3.01. The molecule has 1 aliphatic heterocycles. The van der Waals surface area contributed by atoms with Crippen LogP contribution in [0.3, 0.4) is 0 Å². The number of aromatic nitrogens is 2. The molecule has 1 aromatic heterocycles. The van der Waals surface area contributed by atoms with Crippen LogP contribution < -0.4 is 0 Å². The highest BCUT2D eigenvalue weighted by molar-refractivity contribution is 5.94. The lowest BCUT2D eigenvalue weighted by molar-refractivity contribution is 0.0535. The molecule has 1 aromatic carbocycles. The quantitative estimate of drug-likeness (QED) is 0.699. The van der Waals surface area contributed by atoms with E-state index in [1.165, 1.54) is 0 Å². The highest BCUT2D eigenvalue weighted by Gasteiger charge is 2.24. The summed E-state index contributed by atoms with van der Waals surface area (Å²) in [7, 11) is 0. The van der Waals surface area contributed by atoms with E-state index in [0.717, 1.165) is 22.4 Å². The average Bonchev–Trinajstić information content (AvgIpc) is 2.74. The first-order chi connectivity index (χ1) is 8.27. The van der Waals surface area contributed by atoms with Crippen molar-refractivity contribution in [3.05, 3.63) is 47.4 Å². The van der Waals surface area contributed by atoms with Crippen molar-refractivity contribution >= 4 is 5.97 Å². The number of ether oxygens (including phenoxy) is 1. The number of hydrogen-bond acceptors (Lipinski definition) is 4. The van der Waals surface area contributed by atoms with E-state index >= 15 is 0 Å². The summed E-state index contributed by atoms with van der Waals surface area (Å²) in [5.41, 5.74) is 4.46. The number of carbonyl (C=O) groups excluding carboxylic acids is 1. The smallest absolute Gasteiger partial charge is 0.338 e. The monoisotopic (exact) mass is 226 g/mol. The maximum Gasteiger partial charge on any atom is 0.338 e. The Morgan fingerprint density at radius 1 is 1.24 bits per heavy atom. The molecule has 0 saturated heterocycles. The average molecular weight is 226 g/mol. The molecule has 3 rings (SSSR count). The number of cyclic esters (lactones) is 1. The van der Waals surface area contributed by atoms with Crippen LogP contribution in [0.25, 0.3) is 11.3 Å². The molecule has 2 aromatic rings.